The highest BCUT2D eigenvalue weighted by atomic mass is 35.5. The van der Waals surface area contributed by atoms with Crippen LogP contribution in [0.4, 0.5) is 0 Å². The molecule has 116 valence electrons. The van der Waals surface area contributed by atoms with Gasteiger partial charge in [0.25, 0.3) is 0 Å². The van der Waals surface area contributed by atoms with Crippen LogP contribution in [0.5, 0.6) is 0 Å². The summed E-state index contributed by atoms with van der Waals surface area (Å²) in [6.45, 7) is 0.687. The number of halogens is 2. The fraction of sp³-hybridized carbons (Fsp3) is 0.417. The van der Waals surface area contributed by atoms with Gasteiger partial charge in [0.05, 0.1) is 16.0 Å². The minimum atomic E-state index is -3.86. The van der Waals surface area contributed by atoms with Crippen molar-refractivity contribution in [2.75, 3.05) is 13.1 Å². The van der Waals surface area contributed by atoms with Gasteiger partial charge in [-0.1, -0.05) is 29.3 Å². The first-order valence-electron chi connectivity index (χ1n) is 6.21. The lowest BCUT2D eigenvalue weighted by molar-refractivity contribution is -0.142. The van der Waals surface area contributed by atoms with Crippen molar-refractivity contribution in [3.05, 3.63) is 28.2 Å². The second kappa shape index (κ2) is 6.50. The molecule has 1 fully saturated rings. The second-order valence-corrected chi connectivity index (χ2v) is 7.27. The van der Waals surface area contributed by atoms with E-state index in [9.17, 15) is 13.2 Å². The molecule has 0 bridgehead atoms. The minimum absolute atomic E-state index is 0.0507. The number of piperidine rings is 1. The zero-order chi connectivity index (χ0) is 15.6. The first kappa shape index (κ1) is 16.5. The van der Waals surface area contributed by atoms with E-state index >= 15 is 0 Å². The fourth-order valence-electron chi connectivity index (χ4n) is 2.19. The van der Waals surface area contributed by atoms with Crippen molar-refractivity contribution in [3.63, 3.8) is 0 Å². The van der Waals surface area contributed by atoms with Crippen LogP contribution in [0.3, 0.4) is 0 Å². The van der Waals surface area contributed by atoms with Crippen LogP contribution in [0, 0.1) is 5.92 Å². The number of hydrogen-bond acceptors (Lipinski definition) is 4. The summed E-state index contributed by atoms with van der Waals surface area (Å²) >= 11 is 11.7. The molecule has 2 rings (SSSR count). The van der Waals surface area contributed by atoms with E-state index in [2.05, 4.69) is 10.0 Å². The van der Waals surface area contributed by atoms with Crippen LogP contribution in [-0.4, -0.2) is 38.6 Å². The summed E-state index contributed by atoms with van der Waals surface area (Å²) in [6, 6.07) is 3.81. The molecule has 3 N–H and O–H groups in total. The van der Waals surface area contributed by atoms with Crippen LogP contribution in [-0.2, 0) is 14.8 Å². The lowest BCUT2D eigenvalue weighted by Gasteiger charge is -2.28. The van der Waals surface area contributed by atoms with Crippen molar-refractivity contribution in [2.24, 2.45) is 5.92 Å². The zero-order valence-electron chi connectivity index (χ0n) is 10.8. The third-order valence-corrected chi connectivity index (χ3v) is 5.72. The number of carboxylic acids is 1. The SMILES string of the molecule is O=C(O)[C@@H]1CNC[C@H](NS(=O)(=O)c2cccc(Cl)c2Cl)C1. The lowest BCUT2D eigenvalue weighted by Crippen LogP contribution is -2.50. The van der Waals surface area contributed by atoms with Gasteiger partial charge in [0, 0.05) is 19.1 Å². The van der Waals surface area contributed by atoms with Gasteiger partial charge in [-0.2, -0.15) is 0 Å². The van der Waals surface area contributed by atoms with E-state index in [-0.39, 0.29) is 21.4 Å². The molecule has 2 atom stereocenters. The van der Waals surface area contributed by atoms with Gasteiger partial charge in [-0.15, -0.1) is 0 Å². The maximum absolute atomic E-state index is 12.3. The van der Waals surface area contributed by atoms with Gasteiger partial charge >= 0.3 is 5.97 Å². The highest BCUT2D eigenvalue weighted by Crippen LogP contribution is 2.29. The molecule has 1 aromatic carbocycles. The van der Waals surface area contributed by atoms with Crippen LogP contribution in [0.2, 0.25) is 10.0 Å². The van der Waals surface area contributed by atoms with Crippen molar-refractivity contribution < 1.29 is 18.3 Å². The summed E-state index contributed by atoms with van der Waals surface area (Å²) < 4.78 is 27.1. The van der Waals surface area contributed by atoms with Crippen molar-refractivity contribution in [2.45, 2.75) is 17.4 Å². The molecule has 0 unspecified atom stereocenters. The van der Waals surface area contributed by atoms with Crippen LogP contribution in [0.1, 0.15) is 6.42 Å². The van der Waals surface area contributed by atoms with Crippen molar-refractivity contribution >= 4 is 39.2 Å². The van der Waals surface area contributed by atoms with Gasteiger partial charge in [0.15, 0.2) is 0 Å². The van der Waals surface area contributed by atoms with Crippen LogP contribution in [0.25, 0.3) is 0 Å². The maximum atomic E-state index is 12.3. The Balaban J connectivity index is 2.18. The lowest BCUT2D eigenvalue weighted by atomic mass is 9.97. The average Bonchev–Trinajstić information content (AvgIpc) is 2.41. The Kier molecular flexibility index (Phi) is 5.11. The molecule has 0 radical (unpaired) electrons. The molecule has 9 heteroatoms. The Hall–Kier alpha value is -0.860. The Morgan fingerprint density at radius 3 is 2.71 bits per heavy atom. The van der Waals surface area contributed by atoms with Crippen LogP contribution in [0.15, 0.2) is 23.1 Å². The Labute approximate surface area is 132 Å². The summed E-state index contributed by atoms with van der Waals surface area (Å²) in [5.74, 6) is -1.58. The largest absolute Gasteiger partial charge is 0.481 e. The van der Waals surface area contributed by atoms with E-state index in [1.54, 1.807) is 0 Å². The third kappa shape index (κ3) is 3.87. The van der Waals surface area contributed by atoms with Crippen LogP contribution >= 0.6 is 23.2 Å². The number of hydrogen-bond donors (Lipinski definition) is 3. The summed E-state index contributed by atoms with van der Waals surface area (Å²) in [6.07, 6.45) is 0.222. The maximum Gasteiger partial charge on any atom is 0.307 e. The summed E-state index contributed by atoms with van der Waals surface area (Å²) in [4.78, 5) is 10.9. The van der Waals surface area contributed by atoms with Gasteiger partial charge < -0.3 is 10.4 Å². The first-order chi connectivity index (χ1) is 9.81. The molecule has 21 heavy (non-hydrogen) atoms. The molecule has 1 aliphatic heterocycles. The summed E-state index contributed by atoms with van der Waals surface area (Å²) in [7, 11) is -3.86. The number of aliphatic carboxylic acids is 1. The molecular weight excluding hydrogens is 339 g/mol. The number of sulfonamides is 1. The van der Waals surface area contributed by atoms with Gasteiger partial charge in [-0.25, -0.2) is 13.1 Å². The fourth-order valence-corrected chi connectivity index (χ4v) is 4.20. The van der Waals surface area contributed by atoms with Gasteiger partial charge in [0.1, 0.15) is 4.90 Å². The number of nitrogens with one attached hydrogen (secondary N) is 2. The molecule has 0 aromatic heterocycles. The zero-order valence-corrected chi connectivity index (χ0v) is 13.2. The first-order valence-corrected chi connectivity index (χ1v) is 8.45. The van der Waals surface area contributed by atoms with Crippen LogP contribution < -0.4 is 10.0 Å². The standard InChI is InChI=1S/C12H14Cl2N2O4S/c13-9-2-1-3-10(11(9)14)21(19,20)16-8-4-7(12(17)18)5-15-6-8/h1-3,7-8,15-16H,4-6H2,(H,17,18)/t7-,8+/m0/s1. The van der Waals surface area contributed by atoms with E-state index in [4.69, 9.17) is 28.3 Å². The van der Waals surface area contributed by atoms with Gasteiger partial charge in [-0.05, 0) is 18.6 Å². The number of rotatable bonds is 4. The molecule has 1 aliphatic rings. The Bertz CT molecular complexity index is 651. The molecule has 1 heterocycles. The predicted molar refractivity (Wildman–Crippen MR) is 79.2 cm³/mol. The van der Waals surface area contributed by atoms with Gasteiger partial charge in [0.2, 0.25) is 10.0 Å². The highest BCUT2D eigenvalue weighted by Gasteiger charge is 2.30. The van der Waals surface area contributed by atoms with E-state index in [1.807, 2.05) is 0 Å². The van der Waals surface area contributed by atoms with Gasteiger partial charge in [-0.3, -0.25) is 4.79 Å². The smallest absolute Gasteiger partial charge is 0.307 e. The third-order valence-electron chi connectivity index (χ3n) is 3.23. The predicted octanol–water partition coefficient (Wildman–Crippen LogP) is 1.33. The highest BCUT2D eigenvalue weighted by molar-refractivity contribution is 7.89. The number of benzene rings is 1. The number of carboxylic acid groups (broad SMARTS) is 1. The Morgan fingerprint density at radius 1 is 1.33 bits per heavy atom. The average molecular weight is 353 g/mol. The van der Waals surface area contributed by atoms with E-state index in [0.29, 0.717) is 13.1 Å². The van der Waals surface area contributed by atoms with E-state index in [1.165, 1.54) is 18.2 Å². The molecule has 0 saturated carbocycles. The second-order valence-electron chi connectivity index (χ2n) is 4.80. The topological polar surface area (TPSA) is 95.5 Å². The Morgan fingerprint density at radius 2 is 2.05 bits per heavy atom. The van der Waals surface area contributed by atoms with E-state index < -0.39 is 28.0 Å². The summed E-state index contributed by atoms with van der Waals surface area (Å²) in [5, 5.41) is 12.0. The molecule has 1 saturated heterocycles. The normalized spacial score (nSPS) is 23.0. The molecule has 0 aliphatic carbocycles. The molecule has 0 amide bonds. The van der Waals surface area contributed by atoms with Crippen molar-refractivity contribution in [3.8, 4) is 0 Å². The summed E-state index contributed by atoms with van der Waals surface area (Å²) in [5.41, 5.74) is 0. The molecular formula is C12H14Cl2N2O4S. The number of carbonyl (C=O) groups is 1. The molecule has 1 aromatic rings. The molecule has 6 nitrogen and oxygen atoms in total. The van der Waals surface area contributed by atoms with Crippen molar-refractivity contribution in [1.29, 1.82) is 0 Å². The van der Waals surface area contributed by atoms with Crippen molar-refractivity contribution in [1.82, 2.24) is 10.0 Å². The quantitative estimate of drug-likeness (QED) is 0.759. The minimum Gasteiger partial charge on any atom is -0.481 e. The molecule has 0 spiro atoms. The monoisotopic (exact) mass is 352 g/mol. The van der Waals surface area contributed by atoms with E-state index in [0.717, 1.165) is 0 Å².